The molecule has 0 spiro atoms. The summed E-state index contributed by atoms with van der Waals surface area (Å²) >= 11 is 11.7. The topological polar surface area (TPSA) is 87.7 Å². The Balaban J connectivity index is 2.92. The van der Waals surface area contributed by atoms with Crippen LogP contribution < -0.4 is 10.6 Å². The van der Waals surface area contributed by atoms with E-state index in [0.717, 1.165) is 0 Å². The number of hydrogen-bond donors (Lipinski definition) is 2. The third-order valence-corrected chi connectivity index (χ3v) is 3.05. The summed E-state index contributed by atoms with van der Waals surface area (Å²) in [5.41, 5.74) is 0.295. The van der Waals surface area contributed by atoms with Gasteiger partial charge in [0.2, 0.25) is 0 Å². The maximum atomic E-state index is 12.4. The Morgan fingerprint density at radius 1 is 1.12 bits per heavy atom. The molecule has 0 atom stereocenters. The van der Waals surface area contributed by atoms with Crippen molar-refractivity contribution in [2.45, 2.75) is 26.8 Å². The van der Waals surface area contributed by atoms with E-state index in [1.807, 2.05) is 0 Å². The lowest BCUT2D eigenvalue weighted by Crippen LogP contribution is -2.50. The number of imide groups is 1. The second-order valence-corrected chi connectivity index (χ2v) is 5.96. The number of urea groups is 2. The number of rotatable bonds is 5. The van der Waals surface area contributed by atoms with Gasteiger partial charge in [-0.2, -0.15) is 0 Å². The third kappa shape index (κ3) is 6.64. The van der Waals surface area contributed by atoms with Crippen molar-refractivity contribution in [3.05, 3.63) is 28.2 Å². The molecule has 9 heteroatoms. The molecule has 0 saturated heterocycles. The minimum absolute atomic E-state index is 0.143. The number of halogens is 2. The molecule has 0 aliphatic rings. The highest BCUT2D eigenvalue weighted by Crippen LogP contribution is 2.22. The zero-order valence-corrected chi connectivity index (χ0v) is 15.1. The zero-order valence-electron chi connectivity index (χ0n) is 13.6. The van der Waals surface area contributed by atoms with Gasteiger partial charge in [-0.15, -0.1) is 0 Å². The lowest BCUT2D eigenvalue weighted by molar-refractivity contribution is -0.143. The van der Waals surface area contributed by atoms with E-state index in [1.54, 1.807) is 20.8 Å². The first-order chi connectivity index (χ1) is 11.2. The van der Waals surface area contributed by atoms with Crippen molar-refractivity contribution in [1.29, 1.82) is 0 Å². The molecule has 0 saturated carbocycles. The van der Waals surface area contributed by atoms with Crippen LogP contribution in [0.15, 0.2) is 18.2 Å². The first-order valence-electron chi connectivity index (χ1n) is 7.23. The molecule has 0 aliphatic carbocycles. The molecule has 0 fully saturated rings. The van der Waals surface area contributed by atoms with E-state index in [1.165, 1.54) is 18.2 Å². The molecule has 1 aromatic rings. The number of carbonyl (C=O) groups excluding carboxylic acids is 3. The Bertz CT molecular complexity index is 602. The highest BCUT2D eigenvalue weighted by molar-refractivity contribution is 6.35. The van der Waals surface area contributed by atoms with Gasteiger partial charge in [0.25, 0.3) is 0 Å². The number of esters is 1. The Morgan fingerprint density at radius 2 is 1.71 bits per heavy atom. The average Bonchev–Trinajstić information content (AvgIpc) is 2.42. The van der Waals surface area contributed by atoms with E-state index < -0.39 is 24.6 Å². The Hall–Kier alpha value is -1.99. The van der Waals surface area contributed by atoms with E-state index in [4.69, 9.17) is 27.9 Å². The number of ether oxygens (including phenoxy) is 1. The van der Waals surface area contributed by atoms with E-state index in [0.29, 0.717) is 20.6 Å². The molecule has 0 heterocycles. The van der Waals surface area contributed by atoms with Crippen LogP contribution in [0.25, 0.3) is 0 Å². The quantitative estimate of drug-likeness (QED) is 0.770. The average molecular weight is 376 g/mol. The van der Waals surface area contributed by atoms with Gasteiger partial charge in [0, 0.05) is 21.8 Å². The molecule has 4 amide bonds. The highest BCUT2D eigenvalue weighted by atomic mass is 35.5. The molecule has 0 unspecified atom stereocenters. The van der Waals surface area contributed by atoms with Gasteiger partial charge in [0.05, 0.1) is 6.61 Å². The largest absolute Gasteiger partial charge is 0.465 e. The van der Waals surface area contributed by atoms with Crippen molar-refractivity contribution in [3.8, 4) is 0 Å². The van der Waals surface area contributed by atoms with E-state index in [2.05, 4.69) is 10.6 Å². The maximum Gasteiger partial charge on any atom is 0.330 e. The minimum atomic E-state index is -0.806. The summed E-state index contributed by atoms with van der Waals surface area (Å²) in [6, 6.07) is 2.70. The predicted molar refractivity (Wildman–Crippen MR) is 92.5 cm³/mol. The minimum Gasteiger partial charge on any atom is -0.465 e. The first-order valence-corrected chi connectivity index (χ1v) is 7.99. The number of hydrogen-bond acceptors (Lipinski definition) is 4. The second kappa shape index (κ2) is 9.34. The number of amides is 4. The molecule has 2 N–H and O–H groups in total. The standard InChI is InChI=1S/C15H19Cl2N3O4/c1-4-24-13(21)8-20(14(22)18-9(2)3)15(23)19-12-6-10(16)5-11(17)7-12/h5-7,9H,4,8H2,1-3H3,(H,18,22)(H,19,23). The zero-order chi connectivity index (χ0) is 18.3. The monoisotopic (exact) mass is 375 g/mol. The van der Waals surface area contributed by atoms with Crippen LogP contribution in [0, 0.1) is 0 Å². The predicted octanol–water partition coefficient (Wildman–Crippen LogP) is 3.51. The molecule has 24 heavy (non-hydrogen) atoms. The van der Waals surface area contributed by atoms with Crippen LogP contribution in [0.5, 0.6) is 0 Å². The number of anilines is 1. The van der Waals surface area contributed by atoms with E-state index in [-0.39, 0.29) is 12.6 Å². The third-order valence-electron chi connectivity index (χ3n) is 2.61. The Labute approximate surface area is 150 Å². The van der Waals surface area contributed by atoms with Crippen LogP contribution in [0.2, 0.25) is 10.0 Å². The Kier molecular flexibility index (Phi) is 7.81. The maximum absolute atomic E-state index is 12.4. The molecule has 1 rings (SSSR count). The smallest absolute Gasteiger partial charge is 0.330 e. The van der Waals surface area contributed by atoms with Crippen LogP contribution in [0.3, 0.4) is 0 Å². The van der Waals surface area contributed by atoms with Gasteiger partial charge in [0.1, 0.15) is 6.54 Å². The molecule has 0 aliphatic heterocycles. The van der Waals surface area contributed by atoms with Crippen LogP contribution in [-0.4, -0.2) is 42.1 Å². The van der Waals surface area contributed by atoms with Gasteiger partial charge >= 0.3 is 18.0 Å². The van der Waals surface area contributed by atoms with Gasteiger partial charge in [-0.05, 0) is 39.0 Å². The fourth-order valence-corrected chi connectivity index (χ4v) is 2.24. The molecular formula is C15H19Cl2N3O4. The van der Waals surface area contributed by atoms with Crippen molar-refractivity contribution < 1.29 is 19.1 Å². The first kappa shape index (κ1) is 20.1. The summed E-state index contributed by atoms with van der Waals surface area (Å²) < 4.78 is 4.78. The number of nitrogens with zero attached hydrogens (tertiary/aromatic N) is 1. The lowest BCUT2D eigenvalue weighted by Gasteiger charge is -2.22. The van der Waals surface area contributed by atoms with E-state index in [9.17, 15) is 14.4 Å². The van der Waals surface area contributed by atoms with Crippen molar-refractivity contribution in [2.24, 2.45) is 0 Å². The van der Waals surface area contributed by atoms with Gasteiger partial charge in [-0.1, -0.05) is 23.2 Å². The molecule has 132 valence electrons. The fourth-order valence-electron chi connectivity index (χ4n) is 1.71. The van der Waals surface area contributed by atoms with Crippen LogP contribution in [0.1, 0.15) is 20.8 Å². The van der Waals surface area contributed by atoms with Crippen molar-refractivity contribution in [1.82, 2.24) is 10.2 Å². The summed E-state index contributed by atoms with van der Waals surface area (Å²) in [4.78, 5) is 36.9. The van der Waals surface area contributed by atoms with Gasteiger partial charge in [-0.25, -0.2) is 14.5 Å². The summed E-state index contributed by atoms with van der Waals surface area (Å²) in [5.74, 6) is -0.698. The van der Waals surface area contributed by atoms with Gasteiger partial charge in [0.15, 0.2) is 0 Å². The fraction of sp³-hybridized carbons (Fsp3) is 0.400. The van der Waals surface area contributed by atoms with Crippen molar-refractivity contribution in [2.75, 3.05) is 18.5 Å². The number of nitrogens with one attached hydrogen (secondary N) is 2. The Morgan fingerprint density at radius 3 is 2.21 bits per heavy atom. The van der Waals surface area contributed by atoms with Crippen LogP contribution >= 0.6 is 23.2 Å². The van der Waals surface area contributed by atoms with E-state index >= 15 is 0 Å². The number of benzene rings is 1. The van der Waals surface area contributed by atoms with Crippen LogP contribution in [-0.2, 0) is 9.53 Å². The highest BCUT2D eigenvalue weighted by Gasteiger charge is 2.25. The number of carbonyl (C=O) groups is 3. The molecule has 7 nitrogen and oxygen atoms in total. The summed E-state index contributed by atoms with van der Waals surface area (Å²) in [6.07, 6.45) is 0. The lowest BCUT2D eigenvalue weighted by atomic mass is 10.3. The van der Waals surface area contributed by atoms with Crippen molar-refractivity contribution in [3.63, 3.8) is 0 Å². The summed E-state index contributed by atoms with van der Waals surface area (Å²) in [7, 11) is 0. The van der Waals surface area contributed by atoms with Gasteiger partial charge < -0.3 is 15.4 Å². The normalized spacial score (nSPS) is 10.2. The molecular weight excluding hydrogens is 357 g/mol. The SMILES string of the molecule is CCOC(=O)CN(C(=O)Nc1cc(Cl)cc(Cl)c1)C(=O)NC(C)C. The van der Waals surface area contributed by atoms with Crippen molar-refractivity contribution >= 4 is 46.9 Å². The molecule has 0 radical (unpaired) electrons. The second-order valence-electron chi connectivity index (χ2n) is 5.08. The molecule has 0 aromatic heterocycles. The summed E-state index contributed by atoms with van der Waals surface area (Å²) in [5, 5.41) is 5.66. The summed E-state index contributed by atoms with van der Waals surface area (Å²) in [6.45, 7) is 4.71. The van der Waals surface area contributed by atoms with Gasteiger partial charge in [-0.3, -0.25) is 4.79 Å². The molecule has 0 bridgehead atoms. The van der Waals surface area contributed by atoms with Crippen LogP contribution in [0.4, 0.5) is 15.3 Å². The molecule has 1 aromatic carbocycles.